The Hall–Kier alpha value is -0.560. The second-order valence-corrected chi connectivity index (χ2v) is 3.21. The number of nitrogens with zero attached hydrogens (tertiary/aromatic N) is 3. The van der Waals surface area contributed by atoms with Gasteiger partial charge < -0.3 is 5.11 Å². The molecule has 0 amide bonds. The molecule has 0 aliphatic rings. The molecule has 0 aromatic carbocycles. The standard InChI is InChI=1S/C6H8BrF2N3O/c7-2-1-5-3-12(11-10-5)6(8,9)4-13/h3,13H,1-2,4H2. The highest BCUT2D eigenvalue weighted by Gasteiger charge is 2.31. The first-order valence-electron chi connectivity index (χ1n) is 3.56. The van der Waals surface area contributed by atoms with Crippen LogP contribution in [0.15, 0.2) is 6.20 Å². The summed E-state index contributed by atoms with van der Waals surface area (Å²) in [5.41, 5.74) is 0.463. The van der Waals surface area contributed by atoms with Crippen molar-refractivity contribution < 1.29 is 13.9 Å². The fourth-order valence-corrected chi connectivity index (χ4v) is 1.15. The van der Waals surface area contributed by atoms with E-state index in [1.807, 2.05) is 0 Å². The molecule has 0 saturated heterocycles. The second kappa shape index (κ2) is 4.10. The lowest BCUT2D eigenvalue weighted by atomic mass is 10.4. The number of aliphatic hydroxyl groups excluding tert-OH is 1. The van der Waals surface area contributed by atoms with E-state index in [1.165, 1.54) is 0 Å². The van der Waals surface area contributed by atoms with Crippen LogP contribution in [0, 0.1) is 0 Å². The predicted octanol–water partition coefficient (Wildman–Crippen LogP) is 0.757. The molecule has 0 radical (unpaired) electrons. The molecule has 0 aliphatic carbocycles. The van der Waals surface area contributed by atoms with E-state index in [4.69, 9.17) is 5.11 Å². The van der Waals surface area contributed by atoms with Crippen molar-refractivity contribution in [2.45, 2.75) is 12.5 Å². The molecule has 0 aliphatic heterocycles. The summed E-state index contributed by atoms with van der Waals surface area (Å²) in [6, 6.07) is -3.36. The van der Waals surface area contributed by atoms with Gasteiger partial charge in [-0.15, -0.1) is 5.10 Å². The van der Waals surface area contributed by atoms with Crippen molar-refractivity contribution in [2.24, 2.45) is 0 Å². The number of hydrogen-bond acceptors (Lipinski definition) is 3. The number of aryl methyl sites for hydroxylation is 1. The number of rotatable bonds is 4. The summed E-state index contributed by atoms with van der Waals surface area (Å²) in [5, 5.41) is 15.7. The second-order valence-electron chi connectivity index (χ2n) is 2.42. The highest BCUT2D eigenvalue weighted by Crippen LogP contribution is 2.18. The molecule has 0 saturated carbocycles. The van der Waals surface area contributed by atoms with Gasteiger partial charge in [0.2, 0.25) is 0 Å². The van der Waals surface area contributed by atoms with E-state index in [0.717, 1.165) is 6.20 Å². The maximum atomic E-state index is 12.7. The van der Waals surface area contributed by atoms with E-state index in [9.17, 15) is 8.78 Å². The van der Waals surface area contributed by atoms with Crippen molar-refractivity contribution in [3.05, 3.63) is 11.9 Å². The Morgan fingerprint density at radius 2 is 2.31 bits per heavy atom. The zero-order valence-corrected chi connectivity index (χ0v) is 8.21. The van der Waals surface area contributed by atoms with Crippen molar-refractivity contribution in [1.82, 2.24) is 15.0 Å². The lowest BCUT2D eigenvalue weighted by Crippen LogP contribution is -2.27. The van der Waals surface area contributed by atoms with E-state index >= 15 is 0 Å². The molecule has 1 heterocycles. The summed E-state index contributed by atoms with van der Waals surface area (Å²) >= 11 is 3.15. The third-order valence-electron chi connectivity index (χ3n) is 1.42. The van der Waals surface area contributed by atoms with Gasteiger partial charge in [-0.25, -0.2) is 0 Å². The topological polar surface area (TPSA) is 50.9 Å². The van der Waals surface area contributed by atoms with Crippen LogP contribution in [0.2, 0.25) is 0 Å². The first kappa shape index (κ1) is 10.5. The van der Waals surface area contributed by atoms with E-state index in [2.05, 4.69) is 26.2 Å². The molecule has 0 unspecified atom stereocenters. The van der Waals surface area contributed by atoms with Crippen LogP contribution < -0.4 is 0 Å². The number of halogens is 3. The Labute approximate surface area is 81.7 Å². The molecule has 0 atom stereocenters. The van der Waals surface area contributed by atoms with Gasteiger partial charge in [0.1, 0.15) is 6.61 Å². The van der Waals surface area contributed by atoms with Crippen LogP contribution in [0.3, 0.4) is 0 Å². The first-order chi connectivity index (χ1) is 6.10. The summed E-state index contributed by atoms with van der Waals surface area (Å²) < 4.78 is 25.8. The van der Waals surface area contributed by atoms with Gasteiger partial charge in [-0.05, 0) is 0 Å². The Morgan fingerprint density at radius 3 is 2.85 bits per heavy atom. The van der Waals surface area contributed by atoms with Gasteiger partial charge in [0.25, 0.3) is 0 Å². The third-order valence-corrected chi connectivity index (χ3v) is 1.81. The van der Waals surface area contributed by atoms with Crippen LogP contribution >= 0.6 is 15.9 Å². The van der Waals surface area contributed by atoms with Crippen LogP contribution in [0.4, 0.5) is 8.78 Å². The van der Waals surface area contributed by atoms with Crippen molar-refractivity contribution in [1.29, 1.82) is 0 Å². The van der Waals surface area contributed by atoms with Crippen molar-refractivity contribution in [2.75, 3.05) is 11.9 Å². The van der Waals surface area contributed by atoms with Gasteiger partial charge in [0, 0.05) is 11.8 Å². The van der Waals surface area contributed by atoms with E-state index < -0.39 is 12.7 Å². The molecule has 13 heavy (non-hydrogen) atoms. The average molecular weight is 256 g/mol. The van der Waals surface area contributed by atoms with Crippen LogP contribution in [0.25, 0.3) is 0 Å². The van der Waals surface area contributed by atoms with Crippen LogP contribution in [-0.2, 0) is 12.5 Å². The number of aliphatic hydroxyl groups is 1. The largest absolute Gasteiger partial charge is 0.388 e. The highest BCUT2D eigenvalue weighted by molar-refractivity contribution is 9.09. The van der Waals surface area contributed by atoms with E-state index in [1.54, 1.807) is 0 Å². The SMILES string of the molecule is OCC(F)(F)n1cc(CCBr)nn1. The van der Waals surface area contributed by atoms with Crippen molar-refractivity contribution >= 4 is 15.9 Å². The van der Waals surface area contributed by atoms with Crippen LogP contribution in [0.5, 0.6) is 0 Å². The first-order valence-corrected chi connectivity index (χ1v) is 4.68. The number of hydrogen-bond donors (Lipinski definition) is 1. The summed E-state index contributed by atoms with van der Waals surface area (Å²) in [4.78, 5) is 0. The molecular weight excluding hydrogens is 248 g/mol. The maximum absolute atomic E-state index is 12.7. The summed E-state index contributed by atoms with van der Waals surface area (Å²) in [6.07, 6.45) is 1.65. The Bertz CT molecular complexity index is 279. The van der Waals surface area contributed by atoms with Crippen LogP contribution in [-0.4, -0.2) is 32.0 Å². The van der Waals surface area contributed by atoms with Gasteiger partial charge in [0.15, 0.2) is 0 Å². The normalized spacial score (nSPS) is 12.0. The smallest absolute Gasteiger partial charge is 0.367 e. The molecule has 1 aromatic rings. The fourth-order valence-electron chi connectivity index (χ4n) is 0.742. The van der Waals surface area contributed by atoms with Gasteiger partial charge in [-0.1, -0.05) is 21.1 Å². The van der Waals surface area contributed by atoms with Gasteiger partial charge in [-0.2, -0.15) is 13.5 Å². The minimum Gasteiger partial charge on any atom is -0.388 e. The Morgan fingerprint density at radius 1 is 1.62 bits per heavy atom. The predicted molar refractivity (Wildman–Crippen MR) is 44.8 cm³/mol. The van der Waals surface area contributed by atoms with E-state index in [0.29, 0.717) is 22.1 Å². The third kappa shape index (κ3) is 2.44. The molecule has 0 bridgehead atoms. The minimum absolute atomic E-state index is 0.366. The summed E-state index contributed by atoms with van der Waals surface area (Å²) in [5.74, 6) is 0. The zero-order valence-electron chi connectivity index (χ0n) is 6.62. The molecule has 0 spiro atoms. The molecule has 1 rings (SSSR count). The number of aromatic nitrogens is 3. The molecule has 4 nitrogen and oxygen atoms in total. The zero-order chi connectivity index (χ0) is 9.90. The molecule has 1 aromatic heterocycles. The molecule has 1 N–H and O–H groups in total. The van der Waals surface area contributed by atoms with Crippen molar-refractivity contribution in [3.8, 4) is 0 Å². The van der Waals surface area contributed by atoms with Gasteiger partial charge >= 0.3 is 6.05 Å². The van der Waals surface area contributed by atoms with Gasteiger partial charge in [0.05, 0.1) is 11.9 Å². The number of alkyl halides is 3. The average Bonchev–Trinajstić information content (AvgIpc) is 2.54. The van der Waals surface area contributed by atoms with Crippen molar-refractivity contribution in [3.63, 3.8) is 0 Å². The Balaban J connectivity index is 2.79. The lowest BCUT2D eigenvalue weighted by molar-refractivity contribution is -0.131. The van der Waals surface area contributed by atoms with Gasteiger partial charge in [-0.3, -0.25) is 0 Å². The summed E-state index contributed by atoms with van der Waals surface area (Å²) in [7, 11) is 0. The summed E-state index contributed by atoms with van der Waals surface area (Å²) in [6.45, 7) is -1.27. The highest BCUT2D eigenvalue weighted by atomic mass is 79.9. The van der Waals surface area contributed by atoms with Crippen LogP contribution in [0.1, 0.15) is 5.69 Å². The Kier molecular flexibility index (Phi) is 3.32. The molecule has 74 valence electrons. The fraction of sp³-hybridized carbons (Fsp3) is 0.667. The molecule has 0 fully saturated rings. The maximum Gasteiger partial charge on any atom is 0.367 e. The quantitative estimate of drug-likeness (QED) is 0.809. The lowest BCUT2D eigenvalue weighted by Gasteiger charge is -2.11. The van der Waals surface area contributed by atoms with E-state index in [-0.39, 0.29) is 0 Å². The molecular formula is C6H8BrF2N3O. The minimum atomic E-state index is -3.36. The molecule has 7 heteroatoms. The monoisotopic (exact) mass is 255 g/mol.